The highest BCUT2D eigenvalue weighted by molar-refractivity contribution is 14.1. The number of rotatable bonds is 3. The Kier molecular flexibility index (Phi) is 4.14. The van der Waals surface area contributed by atoms with Crippen LogP contribution in [0.1, 0.15) is 26.3 Å². The van der Waals surface area contributed by atoms with Crippen molar-refractivity contribution in [1.82, 2.24) is 0 Å². The average Bonchev–Trinajstić information content (AvgIpc) is 2.38. The first kappa shape index (κ1) is 13.2. The summed E-state index contributed by atoms with van der Waals surface area (Å²) in [7, 11) is 0. The smallest absolute Gasteiger partial charge is 0.252 e. The molecule has 0 heterocycles. The van der Waals surface area contributed by atoms with E-state index in [-0.39, 0.29) is 5.78 Å². The molecule has 0 unspecified atom stereocenters. The Hall–Kier alpha value is -1.20. The standard InChI is InChI=1S/C14H8ClIO2/c15-14(18)10-6-4-9(5-7-10)13(17)11-2-1-3-12(16)8-11/h1-8H. The molecule has 0 spiro atoms. The van der Waals surface area contributed by atoms with Crippen molar-refractivity contribution in [2.45, 2.75) is 0 Å². The van der Waals surface area contributed by atoms with E-state index in [1.165, 1.54) is 0 Å². The van der Waals surface area contributed by atoms with Gasteiger partial charge in [-0.1, -0.05) is 24.3 Å². The van der Waals surface area contributed by atoms with Crippen molar-refractivity contribution in [2.24, 2.45) is 0 Å². The van der Waals surface area contributed by atoms with Crippen molar-refractivity contribution in [3.8, 4) is 0 Å². The number of carbonyl (C=O) groups is 2. The molecule has 0 aliphatic rings. The Balaban J connectivity index is 2.32. The van der Waals surface area contributed by atoms with Crippen molar-refractivity contribution < 1.29 is 9.59 Å². The molecule has 2 aromatic rings. The van der Waals surface area contributed by atoms with Crippen molar-refractivity contribution in [1.29, 1.82) is 0 Å². The summed E-state index contributed by atoms with van der Waals surface area (Å²) >= 11 is 7.51. The first-order valence-electron chi connectivity index (χ1n) is 5.18. The molecule has 0 atom stereocenters. The number of hydrogen-bond acceptors (Lipinski definition) is 2. The highest BCUT2D eigenvalue weighted by Gasteiger charge is 2.10. The first-order valence-corrected chi connectivity index (χ1v) is 6.64. The Morgan fingerprint density at radius 3 is 2.06 bits per heavy atom. The van der Waals surface area contributed by atoms with Crippen LogP contribution in [0.3, 0.4) is 0 Å². The van der Waals surface area contributed by atoms with E-state index >= 15 is 0 Å². The minimum Gasteiger partial charge on any atom is -0.289 e. The van der Waals surface area contributed by atoms with Gasteiger partial charge in [-0.25, -0.2) is 0 Å². The van der Waals surface area contributed by atoms with Crippen LogP contribution in [0.4, 0.5) is 0 Å². The van der Waals surface area contributed by atoms with Crippen molar-refractivity contribution >= 4 is 45.2 Å². The van der Waals surface area contributed by atoms with Crippen LogP contribution < -0.4 is 0 Å². The van der Waals surface area contributed by atoms with E-state index in [1.54, 1.807) is 30.3 Å². The van der Waals surface area contributed by atoms with Gasteiger partial charge in [-0.05, 0) is 58.5 Å². The number of halogens is 2. The zero-order valence-corrected chi connectivity index (χ0v) is 12.1. The lowest BCUT2D eigenvalue weighted by Gasteiger charge is -2.02. The summed E-state index contributed by atoms with van der Waals surface area (Å²) in [5.74, 6) is -0.0675. The summed E-state index contributed by atoms with van der Waals surface area (Å²) in [5, 5.41) is -0.525. The fourth-order valence-corrected chi connectivity index (χ4v) is 2.22. The summed E-state index contributed by atoms with van der Waals surface area (Å²) in [6.07, 6.45) is 0. The molecule has 0 bridgehead atoms. The van der Waals surface area contributed by atoms with Crippen LogP contribution in [0.5, 0.6) is 0 Å². The lowest BCUT2D eigenvalue weighted by atomic mass is 10.0. The molecule has 0 aliphatic heterocycles. The quantitative estimate of drug-likeness (QED) is 0.466. The third-order valence-electron chi connectivity index (χ3n) is 2.46. The molecule has 0 N–H and O–H groups in total. The van der Waals surface area contributed by atoms with E-state index in [1.807, 2.05) is 18.2 Å². The Morgan fingerprint density at radius 2 is 1.50 bits per heavy atom. The highest BCUT2D eigenvalue weighted by Crippen LogP contribution is 2.14. The molecule has 0 saturated carbocycles. The van der Waals surface area contributed by atoms with Gasteiger partial charge in [0.2, 0.25) is 0 Å². The molecule has 2 rings (SSSR count). The number of carbonyl (C=O) groups excluding carboxylic acids is 2. The van der Waals surface area contributed by atoms with Crippen LogP contribution in [-0.4, -0.2) is 11.0 Å². The van der Waals surface area contributed by atoms with Crippen LogP contribution in [-0.2, 0) is 0 Å². The molecule has 0 aromatic heterocycles. The zero-order chi connectivity index (χ0) is 13.1. The second-order valence-corrected chi connectivity index (χ2v) is 5.28. The van der Waals surface area contributed by atoms with Crippen molar-refractivity contribution in [3.63, 3.8) is 0 Å². The minimum atomic E-state index is -0.525. The fraction of sp³-hybridized carbons (Fsp3) is 0. The van der Waals surface area contributed by atoms with Gasteiger partial charge >= 0.3 is 0 Å². The van der Waals surface area contributed by atoms with Gasteiger partial charge < -0.3 is 0 Å². The van der Waals surface area contributed by atoms with Crippen LogP contribution in [0.2, 0.25) is 0 Å². The van der Waals surface area contributed by atoms with E-state index < -0.39 is 5.24 Å². The maximum atomic E-state index is 12.2. The molecule has 0 amide bonds. The topological polar surface area (TPSA) is 34.1 Å². The summed E-state index contributed by atoms with van der Waals surface area (Å²) in [6, 6.07) is 13.7. The van der Waals surface area contributed by atoms with Gasteiger partial charge in [0.15, 0.2) is 5.78 Å². The minimum absolute atomic E-state index is 0.0675. The first-order chi connectivity index (χ1) is 8.58. The molecule has 0 radical (unpaired) electrons. The third kappa shape index (κ3) is 2.97. The lowest BCUT2D eigenvalue weighted by Crippen LogP contribution is -2.02. The molecule has 18 heavy (non-hydrogen) atoms. The van der Waals surface area contributed by atoms with Gasteiger partial charge in [-0.15, -0.1) is 0 Å². The average molecular weight is 371 g/mol. The monoisotopic (exact) mass is 370 g/mol. The van der Waals surface area contributed by atoms with Crippen LogP contribution in [0.15, 0.2) is 48.5 Å². The van der Waals surface area contributed by atoms with Crippen molar-refractivity contribution in [2.75, 3.05) is 0 Å². The lowest BCUT2D eigenvalue weighted by molar-refractivity contribution is 0.103. The summed E-state index contributed by atoms with van der Waals surface area (Å²) in [4.78, 5) is 23.1. The predicted molar refractivity (Wildman–Crippen MR) is 79.2 cm³/mol. The number of hydrogen-bond donors (Lipinski definition) is 0. The second-order valence-electron chi connectivity index (χ2n) is 3.69. The van der Waals surface area contributed by atoms with E-state index in [2.05, 4.69) is 22.6 Å². The molecule has 2 nitrogen and oxygen atoms in total. The van der Waals surface area contributed by atoms with Crippen molar-refractivity contribution in [3.05, 3.63) is 68.8 Å². The second kappa shape index (κ2) is 5.63. The van der Waals surface area contributed by atoms with E-state index in [0.717, 1.165) is 3.57 Å². The van der Waals surface area contributed by atoms with Crippen LogP contribution in [0, 0.1) is 3.57 Å². The highest BCUT2D eigenvalue weighted by atomic mass is 127. The maximum absolute atomic E-state index is 12.2. The molecule has 0 aliphatic carbocycles. The Bertz CT molecular complexity index is 605. The summed E-state index contributed by atoms with van der Waals surface area (Å²) in [6.45, 7) is 0. The molecular weight excluding hydrogens is 363 g/mol. The third-order valence-corrected chi connectivity index (χ3v) is 3.35. The van der Waals surface area contributed by atoms with Gasteiger partial charge in [0.1, 0.15) is 0 Å². The molecule has 90 valence electrons. The van der Waals surface area contributed by atoms with E-state index in [4.69, 9.17) is 11.6 Å². The largest absolute Gasteiger partial charge is 0.289 e. The van der Waals surface area contributed by atoms with Gasteiger partial charge in [0.05, 0.1) is 0 Å². The zero-order valence-electron chi connectivity index (χ0n) is 9.19. The number of benzene rings is 2. The predicted octanol–water partition coefficient (Wildman–Crippen LogP) is 3.90. The summed E-state index contributed by atoms with van der Waals surface area (Å²) < 4.78 is 1.01. The van der Waals surface area contributed by atoms with Crippen LogP contribution >= 0.6 is 34.2 Å². The van der Waals surface area contributed by atoms with E-state index in [0.29, 0.717) is 16.7 Å². The molecular formula is C14H8ClIO2. The Morgan fingerprint density at radius 1 is 0.889 bits per heavy atom. The number of ketones is 1. The fourth-order valence-electron chi connectivity index (χ4n) is 1.55. The van der Waals surface area contributed by atoms with Gasteiger partial charge in [-0.2, -0.15) is 0 Å². The van der Waals surface area contributed by atoms with Gasteiger partial charge in [0, 0.05) is 20.3 Å². The summed E-state index contributed by atoms with van der Waals surface area (Å²) in [5.41, 5.74) is 1.56. The SMILES string of the molecule is O=C(Cl)c1ccc(C(=O)c2cccc(I)c2)cc1. The normalized spacial score (nSPS) is 10.1. The van der Waals surface area contributed by atoms with Gasteiger partial charge in [-0.3, -0.25) is 9.59 Å². The molecule has 0 saturated heterocycles. The molecule has 4 heteroatoms. The molecule has 2 aromatic carbocycles. The maximum Gasteiger partial charge on any atom is 0.252 e. The van der Waals surface area contributed by atoms with Gasteiger partial charge in [0.25, 0.3) is 5.24 Å². The van der Waals surface area contributed by atoms with E-state index in [9.17, 15) is 9.59 Å². The Labute approximate surface area is 123 Å². The molecule has 0 fully saturated rings. The van der Waals surface area contributed by atoms with Crippen LogP contribution in [0.25, 0.3) is 0 Å².